The first-order valence-electron chi connectivity index (χ1n) is 22.8. The lowest BCUT2D eigenvalue weighted by Gasteiger charge is -2.18. The van der Waals surface area contributed by atoms with Crippen LogP contribution in [0.1, 0.15) is 213 Å². The van der Waals surface area contributed by atoms with Gasteiger partial charge in [-0.05, 0) is 89.9 Å². The number of hydrogen-bond acceptors (Lipinski definition) is 6. The molecule has 0 heterocycles. The molecule has 0 rings (SSSR count). The Morgan fingerprint density at radius 3 is 1.11 bits per heavy atom. The van der Waals surface area contributed by atoms with Crippen molar-refractivity contribution in [2.24, 2.45) is 0 Å². The summed E-state index contributed by atoms with van der Waals surface area (Å²) in [5.41, 5.74) is 0. The molecule has 0 spiro atoms. The zero-order chi connectivity index (χ0) is 40.1. The van der Waals surface area contributed by atoms with E-state index in [0.717, 1.165) is 116 Å². The molecular formula is C49H84O6. The average molecular weight is 769 g/mol. The summed E-state index contributed by atoms with van der Waals surface area (Å²) in [6.07, 6.45) is 52.0. The second-order valence-corrected chi connectivity index (χ2v) is 14.9. The number of allylic oxidation sites excluding steroid dienone is 10. The van der Waals surface area contributed by atoms with Crippen LogP contribution in [-0.4, -0.2) is 37.2 Å². The Kier molecular flexibility index (Phi) is 41.5. The number of hydrogen-bond donors (Lipinski definition) is 0. The molecule has 0 saturated carbocycles. The van der Waals surface area contributed by atoms with Crippen molar-refractivity contribution in [2.75, 3.05) is 13.2 Å². The fourth-order valence-corrected chi connectivity index (χ4v) is 6.08. The SMILES string of the molecule is CC/C=C\C/C=C\CCCCCCCCCC(=O)OCC(COC(=O)CCCCCCC/C=C\CCCC)OC(=O)CCCCCCC/C=C\C/C=C\CC. The molecule has 316 valence electrons. The molecule has 0 bridgehead atoms. The minimum absolute atomic E-state index is 0.0875. The highest BCUT2D eigenvalue weighted by Crippen LogP contribution is 2.13. The van der Waals surface area contributed by atoms with Gasteiger partial charge in [0.15, 0.2) is 6.10 Å². The molecule has 0 aliphatic carbocycles. The molecule has 0 aromatic heterocycles. The zero-order valence-electron chi connectivity index (χ0n) is 35.9. The summed E-state index contributed by atoms with van der Waals surface area (Å²) in [5, 5.41) is 0. The van der Waals surface area contributed by atoms with E-state index in [2.05, 4.69) is 81.5 Å². The van der Waals surface area contributed by atoms with E-state index in [1.54, 1.807) is 0 Å². The molecule has 0 fully saturated rings. The summed E-state index contributed by atoms with van der Waals surface area (Å²) in [4.78, 5) is 37.7. The monoisotopic (exact) mass is 769 g/mol. The van der Waals surface area contributed by atoms with Crippen molar-refractivity contribution in [3.8, 4) is 0 Å². The molecule has 55 heavy (non-hydrogen) atoms. The quantitative estimate of drug-likeness (QED) is 0.0267. The smallest absolute Gasteiger partial charge is 0.306 e. The lowest BCUT2D eigenvalue weighted by atomic mass is 10.1. The summed E-state index contributed by atoms with van der Waals surface area (Å²) in [7, 11) is 0. The van der Waals surface area contributed by atoms with Gasteiger partial charge in [0.25, 0.3) is 0 Å². The van der Waals surface area contributed by atoms with Crippen LogP contribution in [0.25, 0.3) is 0 Å². The van der Waals surface area contributed by atoms with Crippen molar-refractivity contribution in [1.82, 2.24) is 0 Å². The molecule has 0 radical (unpaired) electrons. The van der Waals surface area contributed by atoms with Gasteiger partial charge >= 0.3 is 17.9 Å². The highest BCUT2D eigenvalue weighted by atomic mass is 16.6. The Morgan fingerprint density at radius 1 is 0.382 bits per heavy atom. The largest absolute Gasteiger partial charge is 0.462 e. The lowest BCUT2D eigenvalue weighted by molar-refractivity contribution is -0.167. The van der Waals surface area contributed by atoms with Crippen molar-refractivity contribution in [1.29, 1.82) is 0 Å². The predicted octanol–water partition coefficient (Wildman–Crippen LogP) is 14.5. The average Bonchev–Trinajstić information content (AvgIpc) is 3.18. The fourth-order valence-electron chi connectivity index (χ4n) is 6.08. The third-order valence-electron chi connectivity index (χ3n) is 9.49. The minimum atomic E-state index is -0.785. The van der Waals surface area contributed by atoms with Gasteiger partial charge < -0.3 is 14.2 Å². The van der Waals surface area contributed by atoms with Crippen molar-refractivity contribution < 1.29 is 28.6 Å². The molecule has 0 aliphatic heterocycles. The molecule has 0 amide bonds. The predicted molar refractivity (Wildman–Crippen MR) is 233 cm³/mol. The molecule has 0 aromatic carbocycles. The second kappa shape index (κ2) is 43.8. The number of carbonyl (C=O) groups is 3. The van der Waals surface area contributed by atoms with Gasteiger partial charge in [0.05, 0.1) is 0 Å². The molecule has 1 atom stereocenters. The normalized spacial score (nSPS) is 12.6. The highest BCUT2D eigenvalue weighted by molar-refractivity contribution is 5.71. The van der Waals surface area contributed by atoms with Gasteiger partial charge in [-0.15, -0.1) is 0 Å². The molecule has 1 unspecified atom stereocenters. The first kappa shape index (κ1) is 52.1. The van der Waals surface area contributed by atoms with E-state index in [1.807, 2.05) is 0 Å². The van der Waals surface area contributed by atoms with Crippen LogP contribution in [0, 0.1) is 0 Å². The van der Waals surface area contributed by atoms with E-state index < -0.39 is 6.10 Å². The molecule has 0 aromatic rings. The van der Waals surface area contributed by atoms with Crippen LogP contribution < -0.4 is 0 Å². The Labute approximate surface area is 339 Å². The maximum atomic E-state index is 12.7. The van der Waals surface area contributed by atoms with Crippen LogP contribution >= 0.6 is 0 Å². The van der Waals surface area contributed by atoms with E-state index in [0.29, 0.717) is 19.3 Å². The first-order chi connectivity index (χ1) is 27.0. The number of rotatable bonds is 40. The van der Waals surface area contributed by atoms with E-state index in [1.165, 1.54) is 57.8 Å². The molecule has 0 saturated heterocycles. The van der Waals surface area contributed by atoms with E-state index in [9.17, 15) is 14.4 Å². The van der Waals surface area contributed by atoms with Gasteiger partial charge in [-0.25, -0.2) is 0 Å². The standard InChI is InChI=1S/C49H84O6/c1-4-7-10-13-16-19-22-24-25-28-30-33-36-39-42-48(51)54-45-46(44-53-47(50)41-38-35-32-29-26-21-18-15-12-9-6-3)55-49(52)43-40-37-34-31-27-23-20-17-14-11-8-5-2/h7-8,10-11,15-20,46H,4-6,9,12-14,21-45H2,1-3H3/b10-7-,11-8-,18-15-,19-16-,20-17-. The van der Waals surface area contributed by atoms with Crippen LogP contribution in [0.5, 0.6) is 0 Å². The van der Waals surface area contributed by atoms with E-state index >= 15 is 0 Å². The minimum Gasteiger partial charge on any atom is -0.462 e. The summed E-state index contributed by atoms with van der Waals surface area (Å²) >= 11 is 0. The summed E-state index contributed by atoms with van der Waals surface area (Å²) in [6.45, 7) is 6.34. The van der Waals surface area contributed by atoms with Gasteiger partial charge in [0, 0.05) is 19.3 Å². The molecular weight excluding hydrogens is 685 g/mol. The van der Waals surface area contributed by atoms with Crippen molar-refractivity contribution in [3.63, 3.8) is 0 Å². The Morgan fingerprint density at radius 2 is 0.709 bits per heavy atom. The van der Waals surface area contributed by atoms with Gasteiger partial charge in [-0.1, -0.05) is 165 Å². The number of carbonyl (C=O) groups excluding carboxylic acids is 3. The summed E-state index contributed by atoms with van der Waals surface area (Å²) in [5.74, 6) is -0.924. The lowest BCUT2D eigenvalue weighted by Crippen LogP contribution is -2.30. The molecule has 0 aliphatic rings. The van der Waals surface area contributed by atoms with E-state index in [4.69, 9.17) is 14.2 Å². The number of esters is 3. The van der Waals surface area contributed by atoms with Crippen molar-refractivity contribution in [2.45, 2.75) is 219 Å². The van der Waals surface area contributed by atoms with Crippen LogP contribution in [-0.2, 0) is 28.6 Å². The molecule has 6 heteroatoms. The van der Waals surface area contributed by atoms with Gasteiger partial charge in [0.1, 0.15) is 13.2 Å². The second-order valence-electron chi connectivity index (χ2n) is 14.9. The highest BCUT2D eigenvalue weighted by Gasteiger charge is 2.19. The fraction of sp³-hybridized carbons (Fsp3) is 0.735. The number of ether oxygens (including phenoxy) is 3. The van der Waals surface area contributed by atoms with E-state index in [-0.39, 0.29) is 31.1 Å². The summed E-state index contributed by atoms with van der Waals surface area (Å²) in [6, 6.07) is 0. The van der Waals surface area contributed by atoms with Crippen LogP contribution in [0.3, 0.4) is 0 Å². The Bertz CT molecular complexity index is 1020. The van der Waals surface area contributed by atoms with Crippen LogP contribution in [0.15, 0.2) is 60.8 Å². The third kappa shape index (κ3) is 42.1. The van der Waals surface area contributed by atoms with Crippen molar-refractivity contribution in [3.05, 3.63) is 60.8 Å². The van der Waals surface area contributed by atoms with Crippen LogP contribution in [0.4, 0.5) is 0 Å². The van der Waals surface area contributed by atoms with Crippen LogP contribution in [0.2, 0.25) is 0 Å². The Hall–Kier alpha value is -2.89. The Balaban J connectivity index is 4.41. The summed E-state index contributed by atoms with van der Waals surface area (Å²) < 4.78 is 16.7. The van der Waals surface area contributed by atoms with Gasteiger partial charge in [-0.2, -0.15) is 0 Å². The van der Waals surface area contributed by atoms with Gasteiger partial charge in [0.2, 0.25) is 0 Å². The third-order valence-corrected chi connectivity index (χ3v) is 9.49. The maximum Gasteiger partial charge on any atom is 0.306 e. The first-order valence-corrected chi connectivity index (χ1v) is 22.8. The number of unbranched alkanes of at least 4 members (excludes halogenated alkanes) is 19. The topological polar surface area (TPSA) is 78.9 Å². The molecule has 0 N–H and O–H groups in total. The molecule has 6 nitrogen and oxygen atoms in total. The maximum absolute atomic E-state index is 12.7. The van der Waals surface area contributed by atoms with Crippen molar-refractivity contribution >= 4 is 17.9 Å². The zero-order valence-corrected chi connectivity index (χ0v) is 35.9. The van der Waals surface area contributed by atoms with Gasteiger partial charge in [-0.3, -0.25) is 14.4 Å².